The maximum absolute atomic E-state index is 12.0. The number of hydrogen-bond acceptors (Lipinski definition) is 6. The molecular formula is C15H17N3O3S. The van der Waals surface area contributed by atoms with Crippen molar-refractivity contribution in [3.05, 3.63) is 40.7 Å². The maximum atomic E-state index is 12.0. The van der Waals surface area contributed by atoms with Gasteiger partial charge >= 0.3 is 5.97 Å². The van der Waals surface area contributed by atoms with E-state index in [0.29, 0.717) is 17.3 Å². The number of aromatic amines is 1. The van der Waals surface area contributed by atoms with Gasteiger partial charge in [-0.15, -0.1) is 10.2 Å². The lowest BCUT2D eigenvalue weighted by molar-refractivity contribution is -0.140. The van der Waals surface area contributed by atoms with Crippen LogP contribution in [0.25, 0.3) is 11.3 Å². The number of H-pyrrole nitrogens is 1. The van der Waals surface area contributed by atoms with E-state index >= 15 is 0 Å². The Morgan fingerprint density at radius 1 is 1.27 bits per heavy atom. The molecular weight excluding hydrogens is 302 g/mol. The van der Waals surface area contributed by atoms with E-state index in [9.17, 15) is 9.59 Å². The second-order valence-electron chi connectivity index (χ2n) is 4.54. The lowest BCUT2D eigenvalue weighted by Crippen LogP contribution is -2.15. The minimum atomic E-state index is -0.331. The Kier molecular flexibility index (Phi) is 6.14. The van der Waals surface area contributed by atoms with Crippen molar-refractivity contribution in [2.45, 2.75) is 24.9 Å². The van der Waals surface area contributed by atoms with Crippen molar-refractivity contribution in [1.29, 1.82) is 0 Å². The lowest BCUT2D eigenvalue weighted by atomic mass is 10.2. The number of hydrogen-bond donors (Lipinski definition) is 1. The number of esters is 1. The normalized spacial score (nSPS) is 10.4. The number of nitrogens with zero attached hydrogens (tertiary/aromatic N) is 2. The number of nitrogens with one attached hydrogen (secondary N) is 1. The summed E-state index contributed by atoms with van der Waals surface area (Å²) in [5, 5.41) is 8.17. The van der Waals surface area contributed by atoms with Crippen molar-refractivity contribution in [1.82, 2.24) is 15.2 Å². The summed E-state index contributed by atoms with van der Waals surface area (Å²) >= 11 is 1.10. The molecule has 0 spiro atoms. The Bertz CT molecular complexity index is 673. The summed E-state index contributed by atoms with van der Waals surface area (Å²) < 4.78 is 5.03. The summed E-state index contributed by atoms with van der Waals surface area (Å²) in [6.45, 7) is 2.45. The molecule has 1 aromatic carbocycles. The van der Waals surface area contributed by atoms with E-state index in [1.165, 1.54) is 0 Å². The third-order valence-corrected chi connectivity index (χ3v) is 3.65. The van der Waals surface area contributed by atoms with Crippen LogP contribution in [0.5, 0.6) is 0 Å². The molecule has 6 nitrogen and oxygen atoms in total. The van der Waals surface area contributed by atoms with Crippen LogP contribution >= 0.6 is 11.8 Å². The van der Waals surface area contributed by atoms with Crippen molar-refractivity contribution < 1.29 is 9.53 Å². The Labute approximate surface area is 132 Å². The van der Waals surface area contributed by atoms with Crippen molar-refractivity contribution in [3.63, 3.8) is 0 Å². The van der Waals surface area contributed by atoms with Crippen molar-refractivity contribution in [2.24, 2.45) is 0 Å². The summed E-state index contributed by atoms with van der Waals surface area (Å²) in [6, 6.07) is 9.09. The molecule has 1 heterocycles. The Balaban J connectivity index is 1.96. The van der Waals surface area contributed by atoms with E-state index in [0.717, 1.165) is 24.6 Å². The van der Waals surface area contributed by atoms with Gasteiger partial charge in [-0.05, 0) is 6.42 Å². The second kappa shape index (κ2) is 8.33. The van der Waals surface area contributed by atoms with Gasteiger partial charge in [0.25, 0.3) is 5.56 Å². The molecule has 1 N–H and O–H groups in total. The van der Waals surface area contributed by atoms with E-state index in [2.05, 4.69) is 15.2 Å². The van der Waals surface area contributed by atoms with E-state index in [4.69, 9.17) is 4.74 Å². The van der Waals surface area contributed by atoms with Crippen molar-refractivity contribution in [2.75, 3.05) is 12.4 Å². The Morgan fingerprint density at radius 2 is 2.05 bits per heavy atom. The van der Waals surface area contributed by atoms with Crippen LogP contribution in [0.15, 0.2) is 40.3 Å². The third-order valence-electron chi connectivity index (χ3n) is 2.81. The van der Waals surface area contributed by atoms with E-state index in [1.807, 2.05) is 25.1 Å². The molecule has 0 amide bonds. The highest BCUT2D eigenvalue weighted by molar-refractivity contribution is 7.99. The van der Waals surface area contributed by atoms with Crippen LogP contribution in [0, 0.1) is 0 Å². The van der Waals surface area contributed by atoms with Crippen LogP contribution in [0.4, 0.5) is 0 Å². The number of carbonyl (C=O) groups is 1. The number of rotatable bonds is 7. The maximum Gasteiger partial charge on any atom is 0.316 e. The third kappa shape index (κ3) is 4.70. The van der Waals surface area contributed by atoms with Gasteiger partial charge in [0.15, 0.2) is 10.9 Å². The smallest absolute Gasteiger partial charge is 0.316 e. The summed E-state index contributed by atoms with van der Waals surface area (Å²) in [6.07, 6.45) is 1.82. The van der Waals surface area contributed by atoms with Crippen LogP contribution < -0.4 is 5.56 Å². The first kappa shape index (κ1) is 16.2. The molecule has 0 radical (unpaired) electrons. The predicted molar refractivity (Wildman–Crippen MR) is 84.7 cm³/mol. The number of carbonyl (C=O) groups excluding carboxylic acids is 1. The fraction of sp³-hybridized carbons (Fsp3) is 0.333. The van der Waals surface area contributed by atoms with Gasteiger partial charge in [0.05, 0.1) is 12.4 Å². The SMILES string of the molecule is CCCCOC(=O)CSc1nnc(-c2ccccc2)c(=O)[nH]1. The minimum Gasteiger partial charge on any atom is -0.465 e. The number of benzene rings is 1. The molecule has 0 atom stereocenters. The number of ether oxygens (including phenoxy) is 1. The van der Waals surface area contributed by atoms with Gasteiger partial charge in [-0.3, -0.25) is 14.6 Å². The molecule has 0 fully saturated rings. The van der Waals surface area contributed by atoms with Crippen LogP contribution in [-0.2, 0) is 9.53 Å². The van der Waals surface area contributed by atoms with E-state index in [1.54, 1.807) is 12.1 Å². The monoisotopic (exact) mass is 319 g/mol. The summed E-state index contributed by atoms with van der Waals surface area (Å²) in [4.78, 5) is 26.1. The molecule has 0 aliphatic heterocycles. The van der Waals surface area contributed by atoms with Gasteiger partial charge in [0, 0.05) is 5.56 Å². The molecule has 2 aromatic rings. The van der Waals surface area contributed by atoms with Crippen molar-refractivity contribution in [3.8, 4) is 11.3 Å². The summed E-state index contributed by atoms with van der Waals surface area (Å²) in [5.41, 5.74) is 0.630. The average molecular weight is 319 g/mol. The quantitative estimate of drug-likeness (QED) is 0.479. The molecule has 7 heteroatoms. The molecule has 0 aliphatic rings. The molecule has 0 saturated heterocycles. The molecule has 0 unspecified atom stereocenters. The zero-order valence-electron chi connectivity index (χ0n) is 12.2. The largest absolute Gasteiger partial charge is 0.465 e. The first-order valence-electron chi connectivity index (χ1n) is 7.01. The lowest BCUT2D eigenvalue weighted by Gasteiger charge is -2.03. The fourth-order valence-corrected chi connectivity index (χ4v) is 2.27. The number of aromatic nitrogens is 3. The van der Waals surface area contributed by atoms with Gasteiger partial charge in [-0.1, -0.05) is 55.4 Å². The predicted octanol–water partition coefficient (Wildman–Crippen LogP) is 2.27. The fourth-order valence-electron chi connectivity index (χ4n) is 1.67. The van der Waals surface area contributed by atoms with Crippen LogP contribution in [0.2, 0.25) is 0 Å². The molecule has 0 saturated carbocycles. The van der Waals surface area contributed by atoms with Gasteiger partial charge in [-0.25, -0.2) is 0 Å². The molecule has 22 heavy (non-hydrogen) atoms. The van der Waals surface area contributed by atoms with Crippen LogP contribution in [0.3, 0.4) is 0 Å². The minimum absolute atomic E-state index is 0.0962. The average Bonchev–Trinajstić information content (AvgIpc) is 2.54. The highest BCUT2D eigenvalue weighted by atomic mass is 32.2. The van der Waals surface area contributed by atoms with Gasteiger partial charge in [-0.2, -0.15) is 0 Å². The van der Waals surface area contributed by atoms with Gasteiger partial charge in [0.2, 0.25) is 0 Å². The molecule has 2 rings (SSSR count). The highest BCUT2D eigenvalue weighted by Gasteiger charge is 2.09. The number of unbranched alkanes of at least 4 members (excludes halogenated alkanes) is 1. The summed E-state index contributed by atoms with van der Waals surface area (Å²) in [5.74, 6) is -0.229. The van der Waals surface area contributed by atoms with Crippen LogP contribution in [-0.4, -0.2) is 33.5 Å². The van der Waals surface area contributed by atoms with E-state index in [-0.39, 0.29) is 23.0 Å². The van der Waals surface area contributed by atoms with E-state index < -0.39 is 0 Å². The Hall–Kier alpha value is -2.15. The zero-order chi connectivity index (χ0) is 15.8. The van der Waals surface area contributed by atoms with Gasteiger partial charge in [0.1, 0.15) is 0 Å². The first-order valence-corrected chi connectivity index (χ1v) is 8.00. The topological polar surface area (TPSA) is 84.9 Å². The molecule has 0 bridgehead atoms. The van der Waals surface area contributed by atoms with Gasteiger partial charge < -0.3 is 4.74 Å². The highest BCUT2D eigenvalue weighted by Crippen LogP contribution is 2.14. The second-order valence-corrected chi connectivity index (χ2v) is 5.50. The first-order chi connectivity index (χ1) is 10.7. The molecule has 1 aromatic heterocycles. The number of thioether (sulfide) groups is 1. The van der Waals surface area contributed by atoms with Crippen molar-refractivity contribution >= 4 is 17.7 Å². The van der Waals surface area contributed by atoms with Crippen LogP contribution in [0.1, 0.15) is 19.8 Å². The standard InChI is InChI=1S/C15H17N3O3S/c1-2-3-9-21-12(19)10-22-15-16-14(20)13(17-18-15)11-7-5-4-6-8-11/h4-8H,2-3,9-10H2,1H3,(H,16,18,20). The molecule has 0 aliphatic carbocycles. The molecule has 116 valence electrons. The summed E-state index contributed by atoms with van der Waals surface area (Å²) in [7, 11) is 0. The Morgan fingerprint density at radius 3 is 2.73 bits per heavy atom. The zero-order valence-corrected chi connectivity index (χ0v) is 13.1.